The van der Waals surface area contributed by atoms with Gasteiger partial charge in [0.25, 0.3) is 0 Å². The number of benzene rings is 1. The molecule has 0 radical (unpaired) electrons. The Kier molecular flexibility index (Phi) is 5.57. The van der Waals surface area contributed by atoms with E-state index in [1.54, 1.807) is 0 Å². The smallest absolute Gasteiger partial charge is 0.217 e. The van der Waals surface area contributed by atoms with Crippen LogP contribution in [0.4, 0.5) is 0 Å². The third-order valence-electron chi connectivity index (χ3n) is 2.60. The lowest BCUT2D eigenvalue weighted by molar-refractivity contribution is -0.118. The lowest BCUT2D eigenvalue weighted by atomic mass is 10.0. The molecule has 88 valence electrons. The number of nitrogens with two attached hydrogens (primary N) is 1. The Balaban J connectivity index is 2.16. The monoisotopic (exact) mass is 220 g/mol. The summed E-state index contributed by atoms with van der Waals surface area (Å²) in [5.74, 6) is 0.271. The average Bonchev–Trinajstić information content (AvgIpc) is 2.29. The van der Waals surface area contributed by atoms with E-state index in [9.17, 15) is 4.79 Å². The standard InChI is InChI=1S/C13H20N2O/c1-11(12-6-3-2-4-7-12)10-15-9-5-8-13(14)16/h2-4,6-7,11,15H,5,8-10H2,1H3,(H2,14,16). The summed E-state index contributed by atoms with van der Waals surface area (Å²) in [5, 5.41) is 3.33. The minimum Gasteiger partial charge on any atom is -0.370 e. The molecule has 0 bridgehead atoms. The highest BCUT2D eigenvalue weighted by atomic mass is 16.1. The predicted molar refractivity (Wildman–Crippen MR) is 66.2 cm³/mol. The van der Waals surface area contributed by atoms with Gasteiger partial charge in [-0.15, -0.1) is 0 Å². The van der Waals surface area contributed by atoms with E-state index in [1.165, 1.54) is 5.56 Å². The molecule has 1 aromatic rings. The van der Waals surface area contributed by atoms with Crippen molar-refractivity contribution in [1.29, 1.82) is 0 Å². The highest BCUT2D eigenvalue weighted by molar-refractivity contribution is 5.73. The molecule has 1 rings (SSSR count). The molecule has 0 aliphatic carbocycles. The van der Waals surface area contributed by atoms with Crippen molar-refractivity contribution in [3.63, 3.8) is 0 Å². The highest BCUT2D eigenvalue weighted by Gasteiger charge is 2.03. The van der Waals surface area contributed by atoms with E-state index in [2.05, 4.69) is 36.5 Å². The van der Waals surface area contributed by atoms with E-state index in [1.807, 2.05) is 6.07 Å². The number of carbonyl (C=O) groups is 1. The Morgan fingerprint density at radius 3 is 2.69 bits per heavy atom. The quantitative estimate of drug-likeness (QED) is 0.686. The second-order valence-corrected chi connectivity index (χ2v) is 4.09. The summed E-state index contributed by atoms with van der Waals surface area (Å²) in [6.07, 6.45) is 1.28. The van der Waals surface area contributed by atoms with Gasteiger partial charge in [-0.2, -0.15) is 0 Å². The number of primary amides is 1. The number of rotatable bonds is 7. The van der Waals surface area contributed by atoms with Gasteiger partial charge in [0.05, 0.1) is 0 Å². The van der Waals surface area contributed by atoms with Gasteiger partial charge in [0.1, 0.15) is 0 Å². The predicted octanol–water partition coefficient (Wildman–Crippen LogP) is 1.65. The second-order valence-electron chi connectivity index (χ2n) is 4.09. The molecule has 0 aliphatic rings. The van der Waals surface area contributed by atoms with E-state index in [-0.39, 0.29) is 5.91 Å². The maximum absolute atomic E-state index is 10.5. The minimum atomic E-state index is -0.224. The number of carbonyl (C=O) groups excluding carboxylic acids is 1. The molecule has 1 atom stereocenters. The van der Waals surface area contributed by atoms with Crippen LogP contribution in [0.2, 0.25) is 0 Å². The molecule has 3 heteroatoms. The van der Waals surface area contributed by atoms with E-state index in [0.717, 1.165) is 19.5 Å². The molecule has 0 heterocycles. The Bertz CT molecular complexity index is 311. The van der Waals surface area contributed by atoms with Crippen LogP contribution in [0.15, 0.2) is 30.3 Å². The summed E-state index contributed by atoms with van der Waals surface area (Å²) in [7, 11) is 0. The normalized spacial score (nSPS) is 12.3. The van der Waals surface area contributed by atoms with E-state index in [4.69, 9.17) is 5.73 Å². The fourth-order valence-electron chi connectivity index (χ4n) is 1.61. The van der Waals surface area contributed by atoms with Crippen LogP contribution < -0.4 is 11.1 Å². The van der Waals surface area contributed by atoms with Crippen LogP contribution in [0.5, 0.6) is 0 Å². The van der Waals surface area contributed by atoms with Gasteiger partial charge in [-0.3, -0.25) is 4.79 Å². The molecular formula is C13H20N2O. The van der Waals surface area contributed by atoms with Crippen LogP contribution in [-0.2, 0) is 4.79 Å². The molecule has 0 aliphatic heterocycles. The van der Waals surface area contributed by atoms with Crippen LogP contribution in [0.3, 0.4) is 0 Å². The van der Waals surface area contributed by atoms with Crippen molar-refractivity contribution in [2.75, 3.05) is 13.1 Å². The number of amides is 1. The van der Waals surface area contributed by atoms with Crippen molar-refractivity contribution >= 4 is 5.91 Å². The zero-order valence-electron chi connectivity index (χ0n) is 9.78. The van der Waals surface area contributed by atoms with Gasteiger partial charge in [-0.1, -0.05) is 37.3 Å². The lowest BCUT2D eigenvalue weighted by Gasteiger charge is -2.12. The number of nitrogens with one attached hydrogen (secondary N) is 1. The van der Waals surface area contributed by atoms with Gasteiger partial charge < -0.3 is 11.1 Å². The van der Waals surface area contributed by atoms with E-state index in [0.29, 0.717) is 12.3 Å². The SMILES string of the molecule is CC(CNCCCC(N)=O)c1ccccc1. The Morgan fingerprint density at radius 2 is 2.06 bits per heavy atom. The first-order chi connectivity index (χ1) is 7.70. The van der Waals surface area contributed by atoms with Crippen LogP contribution >= 0.6 is 0 Å². The lowest BCUT2D eigenvalue weighted by Crippen LogP contribution is -2.22. The zero-order chi connectivity index (χ0) is 11.8. The first-order valence-electron chi connectivity index (χ1n) is 5.74. The Morgan fingerprint density at radius 1 is 1.38 bits per heavy atom. The summed E-state index contributed by atoms with van der Waals surface area (Å²) in [6, 6.07) is 10.4. The molecule has 1 amide bonds. The molecule has 0 saturated carbocycles. The average molecular weight is 220 g/mol. The van der Waals surface area contributed by atoms with Gasteiger partial charge in [0.2, 0.25) is 5.91 Å². The summed E-state index contributed by atoms with van der Waals surface area (Å²) >= 11 is 0. The Labute approximate surface area is 97.0 Å². The number of hydrogen-bond donors (Lipinski definition) is 2. The molecule has 0 fully saturated rings. The van der Waals surface area contributed by atoms with Gasteiger partial charge in [-0.05, 0) is 24.4 Å². The summed E-state index contributed by atoms with van der Waals surface area (Å²) in [5.41, 5.74) is 6.40. The maximum Gasteiger partial charge on any atom is 0.217 e. The van der Waals surface area contributed by atoms with E-state index < -0.39 is 0 Å². The van der Waals surface area contributed by atoms with Crippen molar-refractivity contribution in [1.82, 2.24) is 5.32 Å². The zero-order valence-corrected chi connectivity index (χ0v) is 9.78. The first-order valence-corrected chi connectivity index (χ1v) is 5.74. The fraction of sp³-hybridized carbons (Fsp3) is 0.462. The molecule has 3 N–H and O–H groups in total. The maximum atomic E-state index is 10.5. The van der Waals surface area contributed by atoms with Crippen LogP contribution in [0.1, 0.15) is 31.2 Å². The Hall–Kier alpha value is -1.35. The third-order valence-corrected chi connectivity index (χ3v) is 2.60. The molecular weight excluding hydrogens is 200 g/mol. The first kappa shape index (κ1) is 12.7. The van der Waals surface area contributed by atoms with Crippen LogP contribution in [0, 0.1) is 0 Å². The third kappa shape index (κ3) is 4.94. The van der Waals surface area contributed by atoms with Crippen molar-refractivity contribution in [2.24, 2.45) is 5.73 Å². The van der Waals surface area contributed by atoms with Crippen molar-refractivity contribution in [2.45, 2.75) is 25.7 Å². The van der Waals surface area contributed by atoms with Crippen LogP contribution in [-0.4, -0.2) is 19.0 Å². The van der Waals surface area contributed by atoms with Crippen LogP contribution in [0.25, 0.3) is 0 Å². The highest BCUT2D eigenvalue weighted by Crippen LogP contribution is 2.12. The summed E-state index contributed by atoms with van der Waals surface area (Å²) in [6.45, 7) is 3.97. The molecule has 1 unspecified atom stereocenters. The molecule has 1 aromatic carbocycles. The van der Waals surface area contributed by atoms with Crippen molar-refractivity contribution in [3.05, 3.63) is 35.9 Å². The number of hydrogen-bond acceptors (Lipinski definition) is 2. The largest absolute Gasteiger partial charge is 0.370 e. The molecule has 16 heavy (non-hydrogen) atoms. The van der Waals surface area contributed by atoms with Gasteiger partial charge in [-0.25, -0.2) is 0 Å². The van der Waals surface area contributed by atoms with Gasteiger partial charge in [0.15, 0.2) is 0 Å². The topological polar surface area (TPSA) is 55.1 Å². The molecule has 0 saturated heterocycles. The van der Waals surface area contributed by atoms with Gasteiger partial charge in [0, 0.05) is 13.0 Å². The summed E-state index contributed by atoms with van der Waals surface area (Å²) in [4.78, 5) is 10.5. The van der Waals surface area contributed by atoms with Crippen molar-refractivity contribution < 1.29 is 4.79 Å². The second kappa shape index (κ2) is 7.01. The van der Waals surface area contributed by atoms with Gasteiger partial charge >= 0.3 is 0 Å². The van der Waals surface area contributed by atoms with Crippen molar-refractivity contribution in [3.8, 4) is 0 Å². The molecule has 0 spiro atoms. The fourth-order valence-corrected chi connectivity index (χ4v) is 1.61. The molecule has 0 aromatic heterocycles. The minimum absolute atomic E-state index is 0.224. The van der Waals surface area contributed by atoms with E-state index >= 15 is 0 Å². The summed E-state index contributed by atoms with van der Waals surface area (Å²) < 4.78 is 0. The molecule has 3 nitrogen and oxygen atoms in total.